The minimum Gasteiger partial charge on any atom is -0.497 e. The molecule has 0 unspecified atom stereocenters. The summed E-state index contributed by atoms with van der Waals surface area (Å²) in [5.74, 6) is 3.99. The summed E-state index contributed by atoms with van der Waals surface area (Å²) in [6, 6.07) is 18.0. The van der Waals surface area contributed by atoms with E-state index in [-0.39, 0.29) is 0 Å². The predicted octanol–water partition coefficient (Wildman–Crippen LogP) is 3.44. The number of fused-ring (bicyclic) bond motifs is 1. The fourth-order valence-corrected chi connectivity index (χ4v) is 4.12. The van der Waals surface area contributed by atoms with Gasteiger partial charge in [-0.25, -0.2) is 4.98 Å². The molecule has 0 atom stereocenters. The number of rotatable bonds is 5. The van der Waals surface area contributed by atoms with Crippen molar-refractivity contribution in [3.05, 3.63) is 60.3 Å². The first kappa shape index (κ1) is 20.1. The summed E-state index contributed by atoms with van der Waals surface area (Å²) in [5, 5.41) is 4.79. The Kier molecular flexibility index (Phi) is 5.26. The van der Waals surface area contributed by atoms with Gasteiger partial charge < -0.3 is 19.3 Å². The number of piperazine rings is 1. The lowest BCUT2D eigenvalue weighted by atomic mass is 10.2. The molecule has 2 aromatic carbocycles. The van der Waals surface area contributed by atoms with Crippen LogP contribution in [0.15, 0.2) is 54.6 Å². The molecule has 164 valence electrons. The van der Waals surface area contributed by atoms with Crippen molar-refractivity contribution in [2.24, 2.45) is 0 Å². The SMILES string of the molecule is COc1ccc(-c2nc3nc(C)cc(N4CCN(c5ccccc5OC)CC4)n3n2)cc1. The van der Waals surface area contributed by atoms with Gasteiger partial charge in [0.15, 0.2) is 5.82 Å². The minimum absolute atomic E-state index is 0.609. The average Bonchev–Trinajstić information content (AvgIpc) is 3.27. The zero-order chi connectivity index (χ0) is 22.1. The molecule has 0 radical (unpaired) electrons. The molecule has 0 N–H and O–H groups in total. The minimum atomic E-state index is 0.609. The van der Waals surface area contributed by atoms with Crippen LogP contribution in [-0.2, 0) is 0 Å². The lowest BCUT2D eigenvalue weighted by molar-refractivity contribution is 0.413. The molecule has 0 amide bonds. The van der Waals surface area contributed by atoms with Gasteiger partial charge in [-0.05, 0) is 43.3 Å². The second-order valence-corrected chi connectivity index (χ2v) is 7.78. The van der Waals surface area contributed by atoms with Crippen molar-refractivity contribution < 1.29 is 9.47 Å². The fourth-order valence-electron chi connectivity index (χ4n) is 4.12. The van der Waals surface area contributed by atoms with E-state index in [1.165, 1.54) is 0 Å². The Morgan fingerprint density at radius 2 is 1.53 bits per heavy atom. The number of aryl methyl sites for hydroxylation is 1. The average molecular weight is 431 g/mol. The van der Waals surface area contributed by atoms with Crippen LogP contribution in [0.3, 0.4) is 0 Å². The molecule has 0 spiro atoms. The molecular formula is C24H26N6O2. The van der Waals surface area contributed by atoms with Crippen molar-refractivity contribution in [2.45, 2.75) is 6.92 Å². The van der Waals surface area contributed by atoms with Crippen molar-refractivity contribution in [3.63, 3.8) is 0 Å². The molecule has 1 fully saturated rings. The quantitative estimate of drug-likeness (QED) is 0.480. The summed E-state index contributed by atoms with van der Waals surface area (Å²) in [6.07, 6.45) is 0. The summed E-state index contributed by atoms with van der Waals surface area (Å²) >= 11 is 0. The lowest BCUT2D eigenvalue weighted by Crippen LogP contribution is -2.47. The Balaban J connectivity index is 1.42. The Hall–Kier alpha value is -3.81. The van der Waals surface area contributed by atoms with Crippen molar-refractivity contribution in [1.29, 1.82) is 0 Å². The Morgan fingerprint density at radius 1 is 0.812 bits per heavy atom. The van der Waals surface area contributed by atoms with E-state index in [0.717, 1.165) is 60.4 Å². The van der Waals surface area contributed by atoms with Gasteiger partial charge in [0.05, 0.1) is 19.9 Å². The maximum absolute atomic E-state index is 5.55. The Morgan fingerprint density at radius 3 is 2.25 bits per heavy atom. The third-order valence-electron chi connectivity index (χ3n) is 5.80. The van der Waals surface area contributed by atoms with E-state index in [1.807, 2.05) is 47.8 Å². The standard InChI is InChI=1S/C24H26N6O2/c1-17-16-22(29-14-12-28(13-15-29)20-6-4-5-7-21(20)32-3)30-24(25-17)26-23(27-30)18-8-10-19(31-2)11-9-18/h4-11,16H,12-15H2,1-3H3. The summed E-state index contributed by atoms with van der Waals surface area (Å²) in [5.41, 5.74) is 2.99. The van der Waals surface area contributed by atoms with Gasteiger partial charge in [-0.15, -0.1) is 5.10 Å². The molecule has 1 aliphatic heterocycles. The first-order chi connectivity index (χ1) is 15.7. The number of ether oxygens (including phenoxy) is 2. The largest absolute Gasteiger partial charge is 0.497 e. The maximum Gasteiger partial charge on any atom is 0.254 e. The topological polar surface area (TPSA) is 68.0 Å². The zero-order valence-electron chi connectivity index (χ0n) is 18.5. The van der Waals surface area contributed by atoms with E-state index in [0.29, 0.717) is 11.6 Å². The van der Waals surface area contributed by atoms with Crippen LogP contribution in [0.4, 0.5) is 11.5 Å². The second-order valence-electron chi connectivity index (χ2n) is 7.78. The molecule has 0 aliphatic carbocycles. The number of anilines is 2. The molecular weight excluding hydrogens is 404 g/mol. The van der Waals surface area contributed by atoms with E-state index in [4.69, 9.17) is 14.6 Å². The first-order valence-electron chi connectivity index (χ1n) is 10.7. The zero-order valence-corrected chi connectivity index (χ0v) is 18.5. The highest BCUT2D eigenvalue weighted by Crippen LogP contribution is 2.29. The van der Waals surface area contributed by atoms with Crippen LogP contribution in [-0.4, -0.2) is 60.0 Å². The van der Waals surface area contributed by atoms with E-state index in [1.54, 1.807) is 14.2 Å². The normalized spacial score (nSPS) is 14.1. The number of methoxy groups -OCH3 is 2. The highest BCUT2D eigenvalue weighted by atomic mass is 16.5. The molecule has 8 nitrogen and oxygen atoms in total. The Bertz CT molecular complexity index is 1230. The van der Waals surface area contributed by atoms with E-state index in [9.17, 15) is 0 Å². The number of hydrogen-bond acceptors (Lipinski definition) is 7. The fraction of sp³-hybridized carbons (Fsp3) is 0.292. The molecule has 0 saturated carbocycles. The third kappa shape index (κ3) is 3.68. The molecule has 1 aliphatic rings. The number of para-hydroxylation sites is 2. The monoisotopic (exact) mass is 430 g/mol. The van der Waals surface area contributed by atoms with E-state index in [2.05, 4.69) is 38.0 Å². The van der Waals surface area contributed by atoms with Crippen LogP contribution in [0.25, 0.3) is 17.2 Å². The van der Waals surface area contributed by atoms with Gasteiger partial charge in [-0.2, -0.15) is 9.50 Å². The van der Waals surface area contributed by atoms with Crippen LogP contribution >= 0.6 is 0 Å². The second kappa shape index (κ2) is 8.37. The van der Waals surface area contributed by atoms with Crippen LogP contribution in [0.2, 0.25) is 0 Å². The molecule has 5 rings (SSSR count). The van der Waals surface area contributed by atoms with E-state index >= 15 is 0 Å². The summed E-state index contributed by atoms with van der Waals surface area (Å²) in [6.45, 7) is 5.52. The van der Waals surface area contributed by atoms with Crippen LogP contribution < -0.4 is 19.3 Å². The van der Waals surface area contributed by atoms with Gasteiger partial charge in [0.25, 0.3) is 5.78 Å². The van der Waals surface area contributed by atoms with Crippen molar-refractivity contribution in [1.82, 2.24) is 19.6 Å². The number of benzene rings is 2. The molecule has 32 heavy (non-hydrogen) atoms. The highest BCUT2D eigenvalue weighted by molar-refractivity contribution is 5.61. The van der Waals surface area contributed by atoms with Gasteiger partial charge in [0.2, 0.25) is 0 Å². The first-order valence-corrected chi connectivity index (χ1v) is 10.7. The van der Waals surface area contributed by atoms with Gasteiger partial charge in [0, 0.05) is 43.5 Å². The Labute approximate surface area is 187 Å². The van der Waals surface area contributed by atoms with Gasteiger partial charge in [-0.3, -0.25) is 0 Å². The van der Waals surface area contributed by atoms with Gasteiger partial charge in [-0.1, -0.05) is 12.1 Å². The molecule has 0 bridgehead atoms. The smallest absolute Gasteiger partial charge is 0.254 e. The lowest BCUT2D eigenvalue weighted by Gasteiger charge is -2.37. The number of nitrogens with zero attached hydrogens (tertiary/aromatic N) is 6. The van der Waals surface area contributed by atoms with Gasteiger partial charge in [0.1, 0.15) is 17.3 Å². The van der Waals surface area contributed by atoms with Crippen molar-refractivity contribution in [2.75, 3.05) is 50.2 Å². The van der Waals surface area contributed by atoms with Crippen molar-refractivity contribution in [3.8, 4) is 22.9 Å². The number of aromatic nitrogens is 4. The predicted molar refractivity (Wildman–Crippen MR) is 125 cm³/mol. The maximum atomic E-state index is 5.55. The van der Waals surface area contributed by atoms with E-state index < -0.39 is 0 Å². The molecule has 3 heterocycles. The van der Waals surface area contributed by atoms with Crippen LogP contribution in [0.1, 0.15) is 5.69 Å². The molecule has 8 heteroatoms. The van der Waals surface area contributed by atoms with Gasteiger partial charge >= 0.3 is 0 Å². The van der Waals surface area contributed by atoms with Crippen LogP contribution in [0, 0.1) is 6.92 Å². The van der Waals surface area contributed by atoms with Crippen LogP contribution in [0.5, 0.6) is 11.5 Å². The third-order valence-corrected chi connectivity index (χ3v) is 5.80. The van der Waals surface area contributed by atoms with Crippen molar-refractivity contribution >= 4 is 17.3 Å². The molecule has 2 aromatic heterocycles. The number of hydrogen-bond donors (Lipinski definition) is 0. The molecule has 1 saturated heterocycles. The highest BCUT2D eigenvalue weighted by Gasteiger charge is 2.23. The summed E-state index contributed by atoms with van der Waals surface area (Å²) in [7, 11) is 3.38. The molecule has 4 aromatic rings. The summed E-state index contributed by atoms with van der Waals surface area (Å²) < 4.78 is 12.7. The summed E-state index contributed by atoms with van der Waals surface area (Å²) in [4.78, 5) is 14.0.